The van der Waals surface area contributed by atoms with Gasteiger partial charge in [-0.25, -0.2) is 12.8 Å². The Kier molecular flexibility index (Phi) is 8.00. The highest BCUT2D eigenvalue weighted by Crippen LogP contribution is 2.38. The number of aryl methyl sites for hydroxylation is 1. The summed E-state index contributed by atoms with van der Waals surface area (Å²) in [5.74, 6) is 0.0779. The van der Waals surface area contributed by atoms with Crippen LogP contribution in [-0.2, 0) is 19.6 Å². The number of ether oxygens (including phenoxy) is 2. The van der Waals surface area contributed by atoms with E-state index in [1.807, 2.05) is 0 Å². The fraction of sp³-hybridized carbons (Fsp3) is 0.480. The van der Waals surface area contributed by atoms with Gasteiger partial charge in [-0.1, -0.05) is 11.6 Å². The van der Waals surface area contributed by atoms with Crippen LogP contribution in [0.1, 0.15) is 24.8 Å². The van der Waals surface area contributed by atoms with Crippen molar-refractivity contribution in [3.05, 3.63) is 58.9 Å². The van der Waals surface area contributed by atoms with Gasteiger partial charge in [0.05, 0.1) is 24.7 Å². The van der Waals surface area contributed by atoms with Gasteiger partial charge in [0.25, 0.3) is 0 Å². The Morgan fingerprint density at radius 2 is 1.86 bits per heavy atom. The molecule has 0 saturated carbocycles. The van der Waals surface area contributed by atoms with E-state index in [0.717, 1.165) is 6.07 Å². The van der Waals surface area contributed by atoms with Crippen molar-refractivity contribution >= 4 is 27.5 Å². The molecule has 2 aromatic rings. The first-order chi connectivity index (χ1) is 16.7. The second-order valence-electron chi connectivity index (χ2n) is 9.26. The lowest BCUT2D eigenvalue weighted by Gasteiger charge is -2.42. The van der Waals surface area contributed by atoms with E-state index < -0.39 is 21.3 Å². The lowest BCUT2D eigenvalue weighted by atomic mass is 9.78. The number of rotatable bonds is 7. The van der Waals surface area contributed by atoms with Crippen LogP contribution in [0.25, 0.3) is 0 Å². The minimum Gasteiger partial charge on any atom is -0.493 e. The Balaban J connectivity index is 1.59. The number of piperidine rings is 1. The SMILES string of the molecule is Cc1cc(F)ccc1S(=O)(=O)N1CCC[C@](COc2ccc(Cl)cc2)(CC(=O)N2CCOCC2)C1. The Labute approximate surface area is 210 Å². The first kappa shape index (κ1) is 25.9. The molecule has 0 aromatic heterocycles. The van der Waals surface area contributed by atoms with Gasteiger partial charge in [-0.2, -0.15) is 4.31 Å². The molecule has 0 bridgehead atoms. The normalized spacial score (nSPS) is 21.6. The van der Waals surface area contributed by atoms with E-state index in [1.54, 1.807) is 36.1 Å². The summed E-state index contributed by atoms with van der Waals surface area (Å²) in [4.78, 5) is 15.1. The maximum Gasteiger partial charge on any atom is 0.243 e. The smallest absolute Gasteiger partial charge is 0.243 e. The molecule has 2 fully saturated rings. The zero-order valence-corrected chi connectivity index (χ0v) is 21.3. The van der Waals surface area contributed by atoms with E-state index in [2.05, 4.69) is 0 Å². The number of sulfonamides is 1. The van der Waals surface area contributed by atoms with E-state index in [1.165, 1.54) is 16.4 Å². The zero-order chi connectivity index (χ0) is 25.1. The molecule has 0 spiro atoms. The van der Waals surface area contributed by atoms with E-state index in [0.29, 0.717) is 62.0 Å². The molecule has 2 aliphatic rings. The van der Waals surface area contributed by atoms with Gasteiger partial charge in [0.1, 0.15) is 11.6 Å². The third kappa shape index (κ3) is 6.14. The van der Waals surface area contributed by atoms with Crippen LogP contribution in [0.4, 0.5) is 4.39 Å². The van der Waals surface area contributed by atoms with Gasteiger partial charge < -0.3 is 14.4 Å². The van der Waals surface area contributed by atoms with Gasteiger partial charge in [-0.15, -0.1) is 0 Å². The number of benzene rings is 2. The van der Waals surface area contributed by atoms with Crippen molar-refractivity contribution in [3.63, 3.8) is 0 Å². The van der Waals surface area contributed by atoms with Crippen molar-refractivity contribution in [1.82, 2.24) is 9.21 Å². The van der Waals surface area contributed by atoms with Crippen LogP contribution in [-0.4, -0.2) is 69.5 Å². The van der Waals surface area contributed by atoms with Gasteiger partial charge in [0.15, 0.2) is 0 Å². The van der Waals surface area contributed by atoms with Crippen molar-refractivity contribution in [2.75, 3.05) is 46.0 Å². The number of nitrogens with zero attached hydrogens (tertiary/aromatic N) is 2. The molecule has 0 unspecified atom stereocenters. The van der Waals surface area contributed by atoms with E-state index >= 15 is 0 Å². The minimum absolute atomic E-state index is 0.0368. The van der Waals surface area contributed by atoms with E-state index in [9.17, 15) is 17.6 Å². The summed E-state index contributed by atoms with van der Waals surface area (Å²) in [6.07, 6.45) is 1.39. The molecule has 2 aromatic carbocycles. The number of hydrogen-bond donors (Lipinski definition) is 0. The van der Waals surface area contributed by atoms with Crippen molar-refractivity contribution < 1.29 is 27.1 Å². The summed E-state index contributed by atoms with van der Waals surface area (Å²) < 4.78 is 53.6. The molecule has 2 saturated heterocycles. The molecule has 35 heavy (non-hydrogen) atoms. The number of hydrogen-bond acceptors (Lipinski definition) is 5. The summed E-state index contributed by atoms with van der Waals surface area (Å²) in [5.41, 5.74) is -0.364. The lowest BCUT2D eigenvalue weighted by molar-refractivity contribution is -0.139. The first-order valence-corrected chi connectivity index (χ1v) is 13.5. The Morgan fingerprint density at radius 3 is 2.54 bits per heavy atom. The molecular weight excluding hydrogens is 495 g/mol. The monoisotopic (exact) mass is 524 g/mol. The fourth-order valence-electron chi connectivity index (χ4n) is 4.73. The molecule has 0 radical (unpaired) electrons. The van der Waals surface area contributed by atoms with Crippen molar-refractivity contribution in [2.45, 2.75) is 31.1 Å². The Bertz CT molecular complexity index is 1150. The average molecular weight is 525 g/mol. The topological polar surface area (TPSA) is 76.2 Å². The molecule has 4 rings (SSSR count). The Hall–Kier alpha value is -2.20. The summed E-state index contributed by atoms with van der Waals surface area (Å²) in [6.45, 7) is 4.24. The molecule has 0 N–H and O–H groups in total. The summed E-state index contributed by atoms with van der Waals surface area (Å²) >= 11 is 5.98. The van der Waals surface area contributed by atoms with Gasteiger partial charge >= 0.3 is 0 Å². The van der Waals surface area contributed by atoms with Gasteiger partial charge in [-0.05, 0) is 67.8 Å². The highest BCUT2D eigenvalue weighted by atomic mass is 35.5. The first-order valence-electron chi connectivity index (χ1n) is 11.7. The standard InChI is InChI=1S/C25H30ClFN2O5S/c1-19-15-21(27)5-8-23(19)35(31,32)29-10-2-9-25(17-29,16-24(30)28-11-13-33-14-12-28)18-34-22-6-3-20(26)4-7-22/h3-8,15H,2,9-14,16-18H2,1H3/t25-/m0/s1. The second kappa shape index (κ2) is 10.8. The molecule has 2 aliphatic heterocycles. The lowest BCUT2D eigenvalue weighted by Crippen LogP contribution is -2.52. The highest BCUT2D eigenvalue weighted by molar-refractivity contribution is 7.89. The number of halogens is 2. The molecule has 1 amide bonds. The van der Waals surface area contributed by atoms with Crippen molar-refractivity contribution in [2.24, 2.45) is 5.41 Å². The maximum absolute atomic E-state index is 13.6. The highest BCUT2D eigenvalue weighted by Gasteiger charge is 2.43. The molecule has 2 heterocycles. The third-order valence-corrected chi connectivity index (χ3v) is 8.89. The predicted octanol–water partition coefficient (Wildman–Crippen LogP) is 3.89. The van der Waals surface area contributed by atoms with E-state index in [-0.39, 0.29) is 30.4 Å². The summed E-state index contributed by atoms with van der Waals surface area (Å²) in [7, 11) is -3.88. The van der Waals surface area contributed by atoms with Crippen LogP contribution in [0.2, 0.25) is 5.02 Å². The van der Waals surface area contributed by atoms with Gasteiger partial charge in [0.2, 0.25) is 15.9 Å². The van der Waals surface area contributed by atoms with Crippen LogP contribution in [0, 0.1) is 18.2 Å². The molecule has 7 nitrogen and oxygen atoms in total. The van der Waals surface area contributed by atoms with Crippen molar-refractivity contribution in [1.29, 1.82) is 0 Å². The van der Waals surface area contributed by atoms with Crippen LogP contribution in [0.3, 0.4) is 0 Å². The van der Waals surface area contributed by atoms with E-state index in [4.69, 9.17) is 21.1 Å². The fourth-order valence-corrected chi connectivity index (χ4v) is 6.66. The third-order valence-electron chi connectivity index (χ3n) is 6.63. The molecule has 190 valence electrons. The number of carbonyl (C=O) groups excluding carboxylic acids is 1. The zero-order valence-electron chi connectivity index (χ0n) is 19.7. The summed E-state index contributed by atoms with van der Waals surface area (Å²) in [5, 5.41) is 0.583. The predicted molar refractivity (Wildman–Crippen MR) is 131 cm³/mol. The number of carbonyl (C=O) groups is 1. The van der Waals surface area contributed by atoms with Crippen LogP contribution in [0.5, 0.6) is 5.75 Å². The molecule has 1 atom stereocenters. The molecular formula is C25H30ClFN2O5S. The molecule has 10 heteroatoms. The quantitative estimate of drug-likeness (QED) is 0.549. The van der Waals surface area contributed by atoms with Crippen LogP contribution < -0.4 is 4.74 Å². The minimum atomic E-state index is -3.88. The van der Waals surface area contributed by atoms with Gasteiger partial charge in [-0.3, -0.25) is 4.79 Å². The second-order valence-corrected chi connectivity index (χ2v) is 11.6. The maximum atomic E-state index is 13.6. The summed E-state index contributed by atoms with van der Waals surface area (Å²) in [6, 6.07) is 10.6. The number of morpholine rings is 1. The largest absolute Gasteiger partial charge is 0.493 e. The van der Waals surface area contributed by atoms with Crippen LogP contribution >= 0.6 is 11.6 Å². The van der Waals surface area contributed by atoms with Crippen LogP contribution in [0.15, 0.2) is 47.4 Å². The Morgan fingerprint density at radius 1 is 1.14 bits per heavy atom. The van der Waals surface area contributed by atoms with Crippen molar-refractivity contribution in [3.8, 4) is 5.75 Å². The molecule has 0 aliphatic carbocycles. The number of amides is 1. The average Bonchev–Trinajstić information content (AvgIpc) is 2.84. The van der Waals surface area contributed by atoms with Gasteiger partial charge in [0, 0.05) is 43.0 Å².